The van der Waals surface area contributed by atoms with Gasteiger partial charge in [-0.3, -0.25) is 4.79 Å². The molecule has 0 amide bonds. The van der Waals surface area contributed by atoms with Gasteiger partial charge < -0.3 is 15.2 Å². The van der Waals surface area contributed by atoms with Gasteiger partial charge in [0.2, 0.25) is 0 Å². The SMILES string of the molecule is CCC(C)Nc1cc(C#N)cc(COc2c(Br)cc(CCC(=O)O)cc2Br)c1. The Hall–Kier alpha value is -2.04. The van der Waals surface area contributed by atoms with E-state index in [1.807, 2.05) is 30.3 Å². The summed E-state index contributed by atoms with van der Waals surface area (Å²) in [7, 11) is 0. The van der Waals surface area contributed by atoms with Crippen molar-refractivity contribution >= 4 is 43.5 Å². The van der Waals surface area contributed by atoms with Crippen molar-refractivity contribution in [2.75, 3.05) is 5.32 Å². The maximum Gasteiger partial charge on any atom is 0.303 e. The summed E-state index contributed by atoms with van der Waals surface area (Å²) in [6, 6.07) is 11.9. The van der Waals surface area contributed by atoms with E-state index in [1.165, 1.54) is 0 Å². The minimum atomic E-state index is -0.827. The van der Waals surface area contributed by atoms with E-state index >= 15 is 0 Å². The van der Waals surface area contributed by atoms with Gasteiger partial charge in [-0.2, -0.15) is 5.26 Å². The molecule has 148 valence electrons. The highest BCUT2D eigenvalue weighted by Gasteiger charge is 2.11. The Morgan fingerprint density at radius 2 is 1.89 bits per heavy atom. The molecule has 0 aliphatic carbocycles. The lowest BCUT2D eigenvalue weighted by Crippen LogP contribution is -2.13. The molecule has 0 bridgehead atoms. The van der Waals surface area contributed by atoms with Gasteiger partial charge in [0.15, 0.2) is 0 Å². The van der Waals surface area contributed by atoms with Crippen LogP contribution in [0.3, 0.4) is 0 Å². The van der Waals surface area contributed by atoms with Crippen molar-refractivity contribution in [1.82, 2.24) is 0 Å². The fourth-order valence-corrected chi connectivity index (χ4v) is 4.12. The maximum atomic E-state index is 10.8. The Bertz CT molecular complexity index is 871. The molecular formula is C21H22Br2N2O3. The standard InChI is InChI=1S/C21H22Br2N2O3/c1-3-13(2)25-17-7-15(11-24)6-16(8-17)12-28-21-18(22)9-14(10-19(21)23)4-5-20(26)27/h6-10,13,25H,3-5,12H2,1-2H3,(H,26,27). The van der Waals surface area contributed by atoms with Crippen molar-refractivity contribution < 1.29 is 14.6 Å². The zero-order valence-corrected chi connectivity index (χ0v) is 18.9. The number of carboxylic acids is 1. The van der Waals surface area contributed by atoms with Gasteiger partial charge >= 0.3 is 5.97 Å². The molecule has 0 saturated carbocycles. The highest BCUT2D eigenvalue weighted by molar-refractivity contribution is 9.11. The Labute approximate surface area is 182 Å². The molecule has 2 aromatic carbocycles. The number of aryl methyl sites for hydroxylation is 1. The van der Waals surface area contributed by atoms with Crippen LogP contribution in [0, 0.1) is 11.3 Å². The number of anilines is 1. The molecule has 7 heteroatoms. The Morgan fingerprint density at radius 1 is 1.21 bits per heavy atom. The van der Waals surface area contributed by atoms with Crippen LogP contribution in [0.2, 0.25) is 0 Å². The first-order chi connectivity index (χ1) is 13.3. The molecule has 2 N–H and O–H groups in total. The second-order valence-corrected chi connectivity index (χ2v) is 8.26. The molecular weight excluding hydrogens is 488 g/mol. The smallest absolute Gasteiger partial charge is 0.303 e. The van der Waals surface area contributed by atoms with Crippen molar-refractivity contribution in [2.24, 2.45) is 0 Å². The predicted octanol–water partition coefficient (Wildman–Crippen LogP) is 5.89. The average Bonchev–Trinajstić information content (AvgIpc) is 2.65. The summed E-state index contributed by atoms with van der Waals surface area (Å²) in [5, 5.41) is 21.5. The number of carboxylic acid groups (broad SMARTS) is 1. The molecule has 28 heavy (non-hydrogen) atoms. The van der Waals surface area contributed by atoms with Crippen molar-refractivity contribution in [2.45, 2.75) is 45.8 Å². The molecule has 0 heterocycles. The molecule has 1 atom stereocenters. The van der Waals surface area contributed by atoms with Gasteiger partial charge in [-0.1, -0.05) is 6.92 Å². The number of halogens is 2. The van der Waals surface area contributed by atoms with E-state index in [4.69, 9.17) is 9.84 Å². The number of benzene rings is 2. The van der Waals surface area contributed by atoms with Crippen LogP contribution in [0.4, 0.5) is 5.69 Å². The monoisotopic (exact) mass is 508 g/mol. The van der Waals surface area contributed by atoms with Crippen molar-refractivity contribution in [3.05, 3.63) is 56.0 Å². The fraction of sp³-hybridized carbons (Fsp3) is 0.333. The topological polar surface area (TPSA) is 82.3 Å². The number of nitriles is 1. The van der Waals surface area contributed by atoms with Crippen LogP contribution < -0.4 is 10.1 Å². The highest BCUT2D eigenvalue weighted by atomic mass is 79.9. The third-order valence-corrected chi connectivity index (χ3v) is 5.39. The lowest BCUT2D eigenvalue weighted by Gasteiger charge is -2.16. The zero-order chi connectivity index (χ0) is 20.7. The molecule has 0 saturated heterocycles. The van der Waals surface area contributed by atoms with Crippen molar-refractivity contribution in [3.8, 4) is 11.8 Å². The molecule has 0 spiro atoms. The van der Waals surface area contributed by atoms with Crippen LogP contribution in [-0.2, 0) is 17.8 Å². The summed E-state index contributed by atoms with van der Waals surface area (Å²) in [6.07, 6.45) is 1.50. The summed E-state index contributed by atoms with van der Waals surface area (Å²) >= 11 is 6.99. The third-order valence-electron chi connectivity index (χ3n) is 4.22. The number of ether oxygens (including phenoxy) is 1. The number of nitrogens with zero attached hydrogens (tertiary/aromatic N) is 1. The predicted molar refractivity (Wildman–Crippen MR) is 117 cm³/mol. The van der Waals surface area contributed by atoms with Crippen LogP contribution in [0.15, 0.2) is 39.3 Å². The zero-order valence-electron chi connectivity index (χ0n) is 15.8. The molecule has 5 nitrogen and oxygen atoms in total. The minimum absolute atomic E-state index is 0.0754. The summed E-state index contributed by atoms with van der Waals surface area (Å²) in [5.74, 6) is -0.190. The van der Waals surface area contributed by atoms with Crippen molar-refractivity contribution in [3.63, 3.8) is 0 Å². The largest absolute Gasteiger partial charge is 0.487 e. The third kappa shape index (κ3) is 6.54. The van der Waals surface area contributed by atoms with E-state index in [-0.39, 0.29) is 6.42 Å². The molecule has 1 unspecified atom stereocenters. The minimum Gasteiger partial charge on any atom is -0.487 e. The van der Waals surface area contributed by atoms with E-state index in [0.29, 0.717) is 30.4 Å². The number of rotatable bonds is 9. The average molecular weight is 510 g/mol. The molecule has 0 aromatic heterocycles. The second-order valence-electron chi connectivity index (χ2n) is 6.56. The van der Waals surface area contributed by atoms with Gasteiger partial charge in [-0.15, -0.1) is 0 Å². The van der Waals surface area contributed by atoms with Crippen LogP contribution in [0.1, 0.15) is 43.4 Å². The lowest BCUT2D eigenvalue weighted by atomic mass is 10.1. The molecule has 2 rings (SSSR count). The number of hydrogen-bond acceptors (Lipinski definition) is 4. The Morgan fingerprint density at radius 3 is 2.46 bits per heavy atom. The first-order valence-corrected chi connectivity index (χ1v) is 10.5. The van der Waals surface area contributed by atoms with Crippen LogP contribution in [0.5, 0.6) is 5.75 Å². The number of nitrogens with one attached hydrogen (secondary N) is 1. The van der Waals surface area contributed by atoms with E-state index in [0.717, 1.165) is 32.2 Å². The van der Waals surface area contributed by atoms with Gasteiger partial charge in [0, 0.05) is 18.2 Å². The number of carbonyl (C=O) groups is 1. The quantitative estimate of drug-likeness (QED) is 0.440. The van der Waals surface area contributed by atoms with Gasteiger partial charge in [-0.05, 0) is 93.1 Å². The van der Waals surface area contributed by atoms with Gasteiger partial charge in [0.1, 0.15) is 12.4 Å². The highest BCUT2D eigenvalue weighted by Crippen LogP contribution is 2.36. The summed E-state index contributed by atoms with van der Waals surface area (Å²) in [6.45, 7) is 4.50. The Balaban J connectivity index is 2.16. The Kier molecular flexibility index (Phi) is 8.34. The lowest BCUT2D eigenvalue weighted by molar-refractivity contribution is -0.136. The number of aliphatic carboxylic acids is 1. The van der Waals surface area contributed by atoms with E-state index in [2.05, 4.69) is 57.1 Å². The van der Waals surface area contributed by atoms with E-state index < -0.39 is 5.97 Å². The number of hydrogen-bond donors (Lipinski definition) is 2. The van der Waals surface area contributed by atoms with Crippen molar-refractivity contribution in [1.29, 1.82) is 5.26 Å². The molecule has 0 radical (unpaired) electrons. The van der Waals surface area contributed by atoms with Gasteiger partial charge in [-0.25, -0.2) is 0 Å². The van der Waals surface area contributed by atoms with E-state index in [9.17, 15) is 10.1 Å². The van der Waals surface area contributed by atoms with Gasteiger partial charge in [0.05, 0.1) is 20.6 Å². The van der Waals surface area contributed by atoms with Gasteiger partial charge in [0.25, 0.3) is 0 Å². The maximum absolute atomic E-state index is 10.8. The van der Waals surface area contributed by atoms with Crippen LogP contribution in [0.25, 0.3) is 0 Å². The van der Waals surface area contributed by atoms with E-state index in [1.54, 1.807) is 0 Å². The van der Waals surface area contributed by atoms with Crippen LogP contribution in [-0.4, -0.2) is 17.1 Å². The summed E-state index contributed by atoms with van der Waals surface area (Å²) in [5.41, 5.74) is 3.27. The second kappa shape index (κ2) is 10.5. The summed E-state index contributed by atoms with van der Waals surface area (Å²) < 4.78 is 7.47. The molecule has 2 aromatic rings. The molecule has 0 aliphatic heterocycles. The normalized spacial score (nSPS) is 11.5. The first-order valence-electron chi connectivity index (χ1n) is 8.95. The summed E-state index contributed by atoms with van der Waals surface area (Å²) in [4.78, 5) is 10.8. The molecule has 0 fully saturated rings. The fourth-order valence-electron chi connectivity index (χ4n) is 2.61. The molecule has 0 aliphatic rings. The first kappa shape index (κ1) is 22.3. The van der Waals surface area contributed by atoms with Crippen LogP contribution >= 0.6 is 31.9 Å².